The number of anilines is 2. The van der Waals surface area contributed by atoms with Crippen molar-refractivity contribution in [2.75, 3.05) is 36.9 Å². The van der Waals surface area contributed by atoms with E-state index in [-0.39, 0.29) is 12.9 Å². The second-order valence-corrected chi connectivity index (χ2v) is 10.3. The fourth-order valence-corrected chi connectivity index (χ4v) is 4.68. The van der Waals surface area contributed by atoms with Gasteiger partial charge in [-0.05, 0) is 44.1 Å². The van der Waals surface area contributed by atoms with Crippen LogP contribution in [0.3, 0.4) is 0 Å². The number of hydrogen-bond acceptors (Lipinski definition) is 11. The largest absolute Gasteiger partial charge is 0.481 e. The molecule has 232 valence electrons. The standard InChI is InChI=1S/C20H23Cl2N7O.C6H8O7/c21-14-5-6-17(16(22)11-14)26-20(30)27-18-15-12-25-29(19(15)24-13-23-18)10-9-28-7-3-1-2-4-8-28;7-3-12-2-6(11,13-4-8)1-5(9)10/h5-6,11-13H,1-4,7-10H2,(H2,23,24,26,27,30);3-4,11H,1-2H2,(H,9,10). The van der Waals surface area contributed by atoms with Gasteiger partial charge in [0.25, 0.3) is 18.7 Å². The van der Waals surface area contributed by atoms with Crippen molar-refractivity contribution in [2.45, 2.75) is 44.4 Å². The topological polar surface area (TPSA) is 198 Å². The van der Waals surface area contributed by atoms with Gasteiger partial charge in [0.2, 0.25) is 0 Å². The lowest BCUT2D eigenvalue weighted by Crippen LogP contribution is -2.39. The maximum absolute atomic E-state index is 12.4. The van der Waals surface area contributed by atoms with Crippen molar-refractivity contribution in [3.8, 4) is 0 Å². The van der Waals surface area contributed by atoms with Crippen molar-refractivity contribution in [1.82, 2.24) is 24.6 Å². The summed E-state index contributed by atoms with van der Waals surface area (Å²) in [6.45, 7) is 3.09. The van der Waals surface area contributed by atoms with E-state index in [9.17, 15) is 24.3 Å². The fourth-order valence-electron chi connectivity index (χ4n) is 4.22. The van der Waals surface area contributed by atoms with Crippen molar-refractivity contribution in [2.24, 2.45) is 0 Å². The molecule has 2 aromatic heterocycles. The third kappa shape index (κ3) is 10.6. The van der Waals surface area contributed by atoms with Crippen LogP contribution in [0.2, 0.25) is 10.0 Å². The van der Waals surface area contributed by atoms with E-state index >= 15 is 0 Å². The predicted octanol–water partition coefficient (Wildman–Crippen LogP) is 3.15. The molecule has 1 aliphatic rings. The van der Waals surface area contributed by atoms with E-state index in [1.54, 1.807) is 24.4 Å². The monoisotopic (exact) mass is 639 g/mol. The number of amides is 2. The molecule has 1 aliphatic heterocycles. The van der Waals surface area contributed by atoms with Gasteiger partial charge in [-0.25, -0.2) is 19.4 Å². The highest BCUT2D eigenvalue weighted by Crippen LogP contribution is 2.26. The van der Waals surface area contributed by atoms with Crippen molar-refractivity contribution in [3.05, 3.63) is 40.8 Å². The van der Waals surface area contributed by atoms with Crippen LogP contribution in [-0.2, 0) is 30.4 Å². The highest BCUT2D eigenvalue weighted by atomic mass is 35.5. The fraction of sp³-hybridized carbons (Fsp3) is 0.423. The maximum Gasteiger partial charge on any atom is 0.324 e. The first-order valence-corrected chi connectivity index (χ1v) is 13.9. The smallest absolute Gasteiger partial charge is 0.324 e. The van der Waals surface area contributed by atoms with E-state index in [1.807, 2.05) is 4.68 Å². The van der Waals surface area contributed by atoms with Crippen molar-refractivity contribution in [1.29, 1.82) is 0 Å². The Morgan fingerprint density at radius 1 is 1.05 bits per heavy atom. The number of carbonyl (C=O) groups excluding carboxylic acids is 3. The summed E-state index contributed by atoms with van der Waals surface area (Å²) in [6.07, 6.45) is 7.38. The number of nitrogens with one attached hydrogen (secondary N) is 2. The first-order valence-electron chi connectivity index (χ1n) is 13.2. The molecule has 1 atom stereocenters. The van der Waals surface area contributed by atoms with Gasteiger partial charge in [0, 0.05) is 11.6 Å². The molecule has 15 nitrogen and oxygen atoms in total. The molecule has 1 saturated heterocycles. The van der Waals surface area contributed by atoms with Gasteiger partial charge in [-0.3, -0.25) is 19.7 Å². The van der Waals surface area contributed by atoms with Gasteiger partial charge >= 0.3 is 12.0 Å². The van der Waals surface area contributed by atoms with Crippen LogP contribution in [0.5, 0.6) is 0 Å². The Labute approximate surface area is 256 Å². The zero-order valence-corrected chi connectivity index (χ0v) is 24.5. The number of urea groups is 1. The van der Waals surface area contributed by atoms with Gasteiger partial charge in [0.15, 0.2) is 12.3 Å². The average molecular weight is 640 g/mol. The number of rotatable bonds is 12. The number of benzene rings is 1. The van der Waals surface area contributed by atoms with Crippen LogP contribution in [-0.4, -0.2) is 91.8 Å². The molecule has 4 N–H and O–H groups in total. The lowest BCUT2D eigenvalue weighted by atomic mass is 10.2. The van der Waals surface area contributed by atoms with Gasteiger partial charge in [0.05, 0.1) is 28.8 Å². The second-order valence-electron chi connectivity index (χ2n) is 9.42. The van der Waals surface area contributed by atoms with Crippen molar-refractivity contribution < 1.29 is 38.9 Å². The first kappa shape index (κ1) is 33.5. The van der Waals surface area contributed by atoms with Gasteiger partial charge in [-0.15, -0.1) is 0 Å². The Kier molecular flexibility index (Phi) is 12.9. The summed E-state index contributed by atoms with van der Waals surface area (Å²) in [6, 6.07) is 4.40. The number of carboxylic acid groups (broad SMARTS) is 1. The third-order valence-electron chi connectivity index (χ3n) is 6.24. The van der Waals surface area contributed by atoms with Crippen LogP contribution in [0.25, 0.3) is 11.0 Å². The number of aliphatic carboxylic acids is 1. The summed E-state index contributed by atoms with van der Waals surface area (Å²) in [4.78, 5) is 53.2. The molecule has 17 heteroatoms. The number of fused-ring (bicyclic) bond motifs is 1. The average Bonchev–Trinajstić information content (AvgIpc) is 3.19. The summed E-state index contributed by atoms with van der Waals surface area (Å²) >= 11 is 12.0. The molecule has 0 radical (unpaired) electrons. The van der Waals surface area contributed by atoms with Crippen LogP contribution in [0.15, 0.2) is 30.7 Å². The predicted molar refractivity (Wildman–Crippen MR) is 156 cm³/mol. The summed E-state index contributed by atoms with van der Waals surface area (Å²) < 4.78 is 9.99. The molecule has 2 amide bonds. The Bertz CT molecular complexity index is 1400. The van der Waals surface area contributed by atoms with Crippen LogP contribution < -0.4 is 10.6 Å². The Morgan fingerprint density at radius 3 is 2.44 bits per heavy atom. The molecular weight excluding hydrogens is 609 g/mol. The van der Waals surface area contributed by atoms with Crippen molar-refractivity contribution in [3.63, 3.8) is 0 Å². The minimum atomic E-state index is -2.30. The lowest BCUT2D eigenvalue weighted by molar-refractivity contribution is -0.220. The number of carboxylic acids is 1. The van der Waals surface area contributed by atoms with E-state index in [4.69, 9.17) is 28.3 Å². The van der Waals surface area contributed by atoms with Crippen LogP contribution in [0.4, 0.5) is 16.3 Å². The number of aromatic nitrogens is 4. The normalized spacial score (nSPS) is 14.8. The summed E-state index contributed by atoms with van der Waals surface area (Å²) in [5.74, 6) is -3.29. The van der Waals surface area contributed by atoms with Crippen LogP contribution >= 0.6 is 23.2 Å². The summed E-state index contributed by atoms with van der Waals surface area (Å²) in [5, 5.41) is 28.9. The second kappa shape index (κ2) is 16.6. The third-order valence-corrected chi connectivity index (χ3v) is 6.79. The minimum absolute atomic E-state index is 0.000976. The highest BCUT2D eigenvalue weighted by molar-refractivity contribution is 6.36. The minimum Gasteiger partial charge on any atom is -0.481 e. The van der Waals surface area contributed by atoms with Gasteiger partial charge in [0.1, 0.15) is 18.6 Å². The van der Waals surface area contributed by atoms with E-state index in [0.29, 0.717) is 32.6 Å². The summed E-state index contributed by atoms with van der Waals surface area (Å²) in [7, 11) is 0. The van der Waals surface area contributed by atoms with Crippen LogP contribution in [0.1, 0.15) is 32.1 Å². The lowest BCUT2D eigenvalue weighted by Gasteiger charge is -2.22. The number of carbonyl (C=O) groups is 4. The molecule has 4 rings (SSSR count). The SMILES string of the molecule is O=C(Nc1ccc(Cl)cc1Cl)Nc1ncnc2c1cnn2CCN1CCCCCC1.O=COCC(O)(CC(=O)O)OC=O. The highest BCUT2D eigenvalue weighted by Gasteiger charge is 2.33. The number of nitrogens with zero attached hydrogens (tertiary/aromatic N) is 5. The van der Waals surface area contributed by atoms with Gasteiger partial charge in [-0.2, -0.15) is 5.10 Å². The number of halogens is 2. The van der Waals surface area contributed by atoms with E-state index < -0.39 is 30.8 Å². The molecule has 1 unspecified atom stereocenters. The number of likely N-dealkylation sites (tertiary alicyclic amines) is 1. The zero-order chi connectivity index (χ0) is 31.2. The number of hydrogen-bond donors (Lipinski definition) is 4. The number of ether oxygens (including phenoxy) is 2. The molecule has 1 aromatic carbocycles. The molecule has 3 heterocycles. The molecule has 0 bridgehead atoms. The maximum atomic E-state index is 12.4. The quantitative estimate of drug-likeness (QED) is 0.167. The molecule has 3 aromatic rings. The van der Waals surface area contributed by atoms with Gasteiger partial charge in [-0.1, -0.05) is 36.0 Å². The zero-order valence-electron chi connectivity index (χ0n) is 22.9. The molecule has 0 saturated carbocycles. The van der Waals surface area contributed by atoms with Gasteiger partial charge < -0.3 is 29.9 Å². The molecular formula is C26H31Cl2N7O8. The Hall–Kier alpha value is -4.05. The van der Waals surface area contributed by atoms with Crippen LogP contribution in [0, 0.1) is 0 Å². The molecule has 1 fully saturated rings. The van der Waals surface area contributed by atoms with Crippen molar-refractivity contribution >= 4 is 70.7 Å². The molecule has 0 aliphatic carbocycles. The molecule has 0 spiro atoms. The molecule has 43 heavy (non-hydrogen) atoms. The number of aliphatic hydroxyl groups is 1. The first-order chi connectivity index (χ1) is 20.6. The Balaban J connectivity index is 0.000000331. The van der Waals surface area contributed by atoms with E-state index in [0.717, 1.165) is 26.2 Å². The van der Waals surface area contributed by atoms with E-state index in [1.165, 1.54) is 32.0 Å². The Morgan fingerprint density at radius 2 is 1.79 bits per heavy atom. The summed E-state index contributed by atoms with van der Waals surface area (Å²) in [5.41, 5.74) is 1.15. The van der Waals surface area contributed by atoms with E-state index in [2.05, 4.69) is 40.1 Å².